The van der Waals surface area contributed by atoms with Gasteiger partial charge in [-0.2, -0.15) is 4.98 Å². The third-order valence-corrected chi connectivity index (χ3v) is 1.89. The van der Waals surface area contributed by atoms with Gasteiger partial charge in [-0.3, -0.25) is 4.98 Å². The van der Waals surface area contributed by atoms with E-state index in [1.54, 1.807) is 19.5 Å². The summed E-state index contributed by atoms with van der Waals surface area (Å²) >= 11 is 0. The van der Waals surface area contributed by atoms with Crippen molar-refractivity contribution in [1.29, 1.82) is 0 Å². The van der Waals surface area contributed by atoms with E-state index < -0.39 is 0 Å². The second-order valence-corrected chi connectivity index (χ2v) is 3.55. The summed E-state index contributed by atoms with van der Waals surface area (Å²) in [5, 5.41) is 3.16. The van der Waals surface area contributed by atoms with Gasteiger partial charge in [0.1, 0.15) is 11.9 Å². The zero-order valence-corrected chi connectivity index (χ0v) is 10.1. The molecular weight excluding hydrogens is 206 g/mol. The molecule has 0 amide bonds. The Bertz CT molecular complexity index is 307. The van der Waals surface area contributed by atoms with Gasteiger partial charge in [0, 0.05) is 13.7 Å². The third kappa shape index (κ3) is 4.44. The highest BCUT2D eigenvalue weighted by Gasteiger charge is 2.05. The summed E-state index contributed by atoms with van der Waals surface area (Å²) in [7, 11) is 1.64. The molecule has 0 saturated heterocycles. The van der Waals surface area contributed by atoms with E-state index in [-0.39, 0.29) is 6.10 Å². The average molecular weight is 225 g/mol. The van der Waals surface area contributed by atoms with Crippen LogP contribution in [0.3, 0.4) is 0 Å². The van der Waals surface area contributed by atoms with Gasteiger partial charge in [0.05, 0.1) is 19.0 Å². The Balaban J connectivity index is 2.52. The molecule has 5 heteroatoms. The maximum Gasteiger partial charge on any atom is 0.234 e. The van der Waals surface area contributed by atoms with Crippen LogP contribution in [0.25, 0.3) is 0 Å². The van der Waals surface area contributed by atoms with Gasteiger partial charge in [-0.15, -0.1) is 0 Å². The highest BCUT2D eigenvalue weighted by molar-refractivity contribution is 5.32. The lowest BCUT2D eigenvalue weighted by Gasteiger charge is -2.13. The van der Waals surface area contributed by atoms with Crippen molar-refractivity contribution < 1.29 is 9.47 Å². The van der Waals surface area contributed by atoms with Crippen molar-refractivity contribution in [2.45, 2.75) is 26.4 Å². The van der Waals surface area contributed by atoms with Crippen LogP contribution in [-0.4, -0.2) is 36.3 Å². The SMILES string of the molecule is CCCNc1cncc(OC(C)COC)n1. The fourth-order valence-electron chi connectivity index (χ4n) is 1.22. The van der Waals surface area contributed by atoms with Crippen LogP contribution in [0.15, 0.2) is 12.4 Å². The first-order valence-electron chi connectivity index (χ1n) is 5.47. The number of nitrogens with zero attached hydrogens (tertiary/aromatic N) is 2. The van der Waals surface area contributed by atoms with Gasteiger partial charge in [0.25, 0.3) is 0 Å². The second kappa shape index (κ2) is 7.00. The monoisotopic (exact) mass is 225 g/mol. The Labute approximate surface area is 96.2 Å². The zero-order chi connectivity index (χ0) is 11.8. The Kier molecular flexibility index (Phi) is 5.56. The first-order chi connectivity index (χ1) is 7.76. The summed E-state index contributed by atoms with van der Waals surface area (Å²) in [4.78, 5) is 8.34. The third-order valence-electron chi connectivity index (χ3n) is 1.89. The lowest BCUT2D eigenvalue weighted by atomic mass is 10.4. The van der Waals surface area contributed by atoms with Crippen LogP contribution in [0.2, 0.25) is 0 Å². The highest BCUT2D eigenvalue weighted by atomic mass is 16.5. The van der Waals surface area contributed by atoms with Gasteiger partial charge in [0.2, 0.25) is 5.88 Å². The Morgan fingerprint density at radius 2 is 2.25 bits per heavy atom. The van der Waals surface area contributed by atoms with Crippen LogP contribution in [0.1, 0.15) is 20.3 Å². The van der Waals surface area contributed by atoms with E-state index in [1.807, 2.05) is 6.92 Å². The van der Waals surface area contributed by atoms with Gasteiger partial charge in [-0.1, -0.05) is 6.92 Å². The molecule has 0 radical (unpaired) electrons. The van der Waals surface area contributed by atoms with Crippen molar-refractivity contribution in [2.75, 3.05) is 25.6 Å². The fourth-order valence-corrected chi connectivity index (χ4v) is 1.22. The average Bonchev–Trinajstić information content (AvgIpc) is 2.27. The Morgan fingerprint density at radius 1 is 1.44 bits per heavy atom. The summed E-state index contributed by atoms with van der Waals surface area (Å²) in [6.45, 7) is 5.44. The highest BCUT2D eigenvalue weighted by Crippen LogP contribution is 2.10. The molecule has 90 valence electrons. The van der Waals surface area contributed by atoms with Crippen molar-refractivity contribution >= 4 is 5.82 Å². The topological polar surface area (TPSA) is 56.3 Å². The van der Waals surface area contributed by atoms with Crippen LogP contribution in [0.5, 0.6) is 5.88 Å². The second-order valence-electron chi connectivity index (χ2n) is 3.55. The zero-order valence-electron chi connectivity index (χ0n) is 10.1. The molecule has 0 saturated carbocycles. The minimum atomic E-state index is -0.0271. The normalized spacial score (nSPS) is 12.2. The minimum absolute atomic E-state index is 0.0271. The molecular formula is C11H19N3O2. The van der Waals surface area contributed by atoms with Gasteiger partial charge < -0.3 is 14.8 Å². The van der Waals surface area contributed by atoms with E-state index in [2.05, 4.69) is 22.2 Å². The minimum Gasteiger partial charge on any atom is -0.471 e. The summed E-state index contributed by atoms with van der Waals surface area (Å²) < 4.78 is 10.5. The lowest BCUT2D eigenvalue weighted by Crippen LogP contribution is -2.19. The van der Waals surface area contributed by atoms with Gasteiger partial charge in [-0.05, 0) is 13.3 Å². The molecule has 1 aromatic heterocycles. The summed E-state index contributed by atoms with van der Waals surface area (Å²) in [6.07, 6.45) is 4.31. The van der Waals surface area contributed by atoms with Crippen LogP contribution in [-0.2, 0) is 4.74 Å². The van der Waals surface area contributed by atoms with Gasteiger partial charge >= 0.3 is 0 Å². The van der Waals surface area contributed by atoms with Crippen LogP contribution in [0, 0.1) is 0 Å². The number of nitrogens with one attached hydrogen (secondary N) is 1. The Morgan fingerprint density at radius 3 is 2.94 bits per heavy atom. The van der Waals surface area contributed by atoms with Gasteiger partial charge in [0.15, 0.2) is 0 Å². The Hall–Kier alpha value is -1.36. The molecule has 16 heavy (non-hydrogen) atoms. The van der Waals surface area contributed by atoms with Crippen LogP contribution >= 0.6 is 0 Å². The summed E-state index contributed by atoms with van der Waals surface area (Å²) in [5.41, 5.74) is 0. The van der Waals surface area contributed by atoms with Crippen molar-refractivity contribution in [3.63, 3.8) is 0 Å². The van der Waals surface area contributed by atoms with E-state index in [4.69, 9.17) is 9.47 Å². The number of aromatic nitrogens is 2. The molecule has 0 aliphatic carbocycles. The number of hydrogen-bond acceptors (Lipinski definition) is 5. The van der Waals surface area contributed by atoms with E-state index in [1.165, 1.54) is 0 Å². The predicted molar refractivity (Wildman–Crippen MR) is 62.8 cm³/mol. The predicted octanol–water partition coefficient (Wildman–Crippen LogP) is 1.71. The standard InChI is InChI=1S/C11H19N3O2/c1-4-5-13-10-6-12-7-11(14-10)16-9(2)8-15-3/h6-7,9H,4-5,8H2,1-3H3,(H,13,14). The first-order valence-corrected chi connectivity index (χ1v) is 5.47. The maximum absolute atomic E-state index is 5.54. The summed E-state index contributed by atoms with van der Waals surface area (Å²) in [5.74, 6) is 1.26. The molecule has 0 aliphatic heterocycles. The molecule has 1 N–H and O–H groups in total. The van der Waals surface area contributed by atoms with E-state index in [0.29, 0.717) is 12.5 Å². The molecule has 5 nitrogen and oxygen atoms in total. The molecule has 0 fully saturated rings. The number of anilines is 1. The van der Waals surface area contributed by atoms with Crippen molar-refractivity contribution in [3.8, 4) is 5.88 Å². The largest absolute Gasteiger partial charge is 0.471 e. The smallest absolute Gasteiger partial charge is 0.234 e. The molecule has 0 bridgehead atoms. The first kappa shape index (κ1) is 12.7. The van der Waals surface area contributed by atoms with Crippen molar-refractivity contribution in [3.05, 3.63) is 12.4 Å². The molecule has 1 rings (SSSR count). The van der Waals surface area contributed by atoms with E-state index in [0.717, 1.165) is 18.8 Å². The van der Waals surface area contributed by atoms with E-state index >= 15 is 0 Å². The maximum atomic E-state index is 5.54. The number of rotatable bonds is 7. The lowest BCUT2D eigenvalue weighted by molar-refractivity contribution is 0.0888. The molecule has 1 aromatic rings. The number of methoxy groups -OCH3 is 1. The van der Waals surface area contributed by atoms with Crippen LogP contribution in [0.4, 0.5) is 5.82 Å². The van der Waals surface area contributed by atoms with Crippen LogP contribution < -0.4 is 10.1 Å². The summed E-state index contributed by atoms with van der Waals surface area (Å²) in [6, 6.07) is 0. The molecule has 0 spiro atoms. The van der Waals surface area contributed by atoms with Crippen molar-refractivity contribution in [1.82, 2.24) is 9.97 Å². The molecule has 0 aliphatic rings. The quantitative estimate of drug-likeness (QED) is 0.765. The van der Waals surface area contributed by atoms with E-state index in [9.17, 15) is 0 Å². The number of ether oxygens (including phenoxy) is 2. The fraction of sp³-hybridized carbons (Fsp3) is 0.636. The number of hydrogen-bond donors (Lipinski definition) is 1. The molecule has 1 heterocycles. The molecule has 0 aromatic carbocycles. The molecule has 1 unspecified atom stereocenters. The molecule has 1 atom stereocenters. The van der Waals surface area contributed by atoms with Crippen molar-refractivity contribution in [2.24, 2.45) is 0 Å². The van der Waals surface area contributed by atoms with Gasteiger partial charge in [-0.25, -0.2) is 0 Å².